The van der Waals surface area contributed by atoms with E-state index in [9.17, 15) is 15.2 Å². The Labute approximate surface area is 170 Å². The number of carbonyl (C=O) groups excluding carboxylic acids is 1. The van der Waals surface area contributed by atoms with Crippen LogP contribution >= 0.6 is 0 Å². The van der Waals surface area contributed by atoms with Crippen molar-refractivity contribution in [3.05, 3.63) is 54.1 Å². The lowest BCUT2D eigenvalue weighted by atomic mass is 10.1. The number of piperazine rings is 1. The lowest BCUT2D eigenvalue weighted by molar-refractivity contribution is 0.0663. The Balaban J connectivity index is 1.42. The Morgan fingerprint density at radius 2 is 1.86 bits per heavy atom. The maximum atomic E-state index is 10.8. The third kappa shape index (κ3) is 5.85. The fraction of sp³-hybridized carbons (Fsp3) is 0.333. The van der Waals surface area contributed by atoms with Gasteiger partial charge in [0.1, 0.15) is 24.5 Å². The largest absolute Gasteiger partial charge is 0.491 e. The van der Waals surface area contributed by atoms with Gasteiger partial charge in [-0.15, -0.1) is 0 Å². The number of β-amino-alcohol motifs (C(OH)–C–C–N with tert-alkyl or cyclic N) is 1. The van der Waals surface area contributed by atoms with E-state index in [0.717, 1.165) is 31.9 Å². The molecule has 1 heterocycles. The first-order chi connectivity index (χ1) is 14.0. The van der Waals surface area contributed by atoms with Gasteiger partial charge in [-0.05, 0) is 36.4 Å². The molecule has 1 atom stereocenters. The van der Waals surface area contributed by atoms with E-state index in [0.29, 0.717) is 23.5 Å². The van der Waals surface area contributed by atoms with Gasteiger partial charge in [0.25, 0.3) is 0 Å². The zero-order chi connectivity index (χ0) is 20.6. The van der Waals surface area contributed by atoms with Crippen LogP contribution in [0.5, 0.6) is 5.75 Å². The van der Waals surface area contributed by atoms with Crippen molar-refractivity contribution in [2.45, 2.75) is 6.10 Å². The molecule has 2 aromatic rings. The Hall–Kier alpha value is -3.28. The fourth-order valence-electron chi connectivity index (χ4n) is 3.34. The number of hydrogen-bond acceptors (Lipinski definition) is 6. The van der Waals surface area contributed by atoms with Gasteiger partial charge in [-0.3, -0.25) is 4.90 Å². The molecule has 29 heavy (non-hydrogen) atoms. The van der Waals surface area contributed by atoms with Crippen molar-refractivity contribution in [1.29, 1.82) is 5.26 Å². The van der Waals surface area contributed by atoms with Crippen molar-refractivity contribution >= 4 is 17.4 Å². The van der Waals surface area contributed by atoms with Gasteiger partial charge in [0.15, 0.2) is 0 Å². The molecule has 1 saturated heterocycles. The normalized spacial score (nSPS) is 15.4. The summed E-state index contributed by atoms with van der Waals surface area (Å²) in [5, 5.41) is 22.1. The Kier molecular flexibility index (Phi) is 6.89. The van der Waals surface area contributed by atoms with E-state index in [4.69, 9.17) is 10.5 Å². The summed E-state index contributed by atoms with van der Waals surface area (Å²) >= 11 is 0. The molecule has 1 aliphatic heterocycles. The molecule has 0 aromatic heterocycles. The van der Waals surface area contributed by atoms with Gasteiger partial charge in [-0.2, -0.15) is 5.26 Å². The molecule has 8 heteroatoms. The molecule has 152 valence electrons. The molecule has 3 rings (SSSR count). The van der Waals surface area contributed by atoms with Crippen LogP contribution in [0.25, 0.3) is 0 Å². The smallest absolute Gasteiger partial charge is 0.316 e. The number of para-hydroxylation sites is 1. The fourth-order valence-corrected chi connectivity index (χ4v) is 3.34. The number of amides is 2. The van der Waals surface area contributed by atoms with Gasteiger partial charge < -0.3 is 25.8 Å². The van der Waals surface area contributed by atoms with Crippen LogP contribution in [-0.4, -0.2) is 61.5 Å². The van der Waals surface area contributed by atoms with Crippen LogP contribution < -0.4 is 20.7 Å². The van der Waals surface area contributed by atoms with Crippen LogP contribution in [-0.2, 0) is 0 Å². The number of aliphatic hydroxyl groups is 1. The van der Waals surface area contributed by atoms with E-state index in [-0.39, 0.29) is 6.61 Å². The van der Waals surface area contributed by atoms with Gasteiger partial charge in [0.05, 0.1) is 11.3 Å². The molecule has 0 bridgehead atoms. The first-order valence-corrected chi connectivity index (χ1v) is 9.49. The van der Waals surface area contributed by atoms with Crippen molar-refractivity contribution in [1.82, 2.24) is 4.90 Å². The van der Waals surface area contributed by atoms with Crippen molar-refractivity contribution in [3.63, 3.8) is 0 Å². The second-order valence-electron chi connectivity index (χ2n) is 6.90. The molecule has 0 saturated carbocycles. The van der Waals surface area contributed by atoms with Crippen LogP contribution in [0.4, 0.5) is 16.2 Å². The van der Waals surface area contributed by atoms with Crippen molar-refractivity contribution in [2.75, 3.05) is 49.5 Å². The molecule has 1 aliphatic rings. The lowest BCUT2D eigenvalue weighted by Crippen LogP contribution is -2.49. The summed E-state index contributed by atoms with van der Waals surface area (Å²) < 4.78 is 5.62. The number of nitrogens with two attached hydrogens (primary N) is 1. The Bertz CT molecular complexity index is 857. The highest BCUT2D eigenvalue weighted by atomic mass is 16.5. The SMILES string of the molecule is N#Cc1ccccc1N1CCN(CC(O)COc2ccc(NC(N)=O)cc2)CC1. The maximum absolute atomic E-state index is 10.8. The summed E-state index contributed by atoms with van der Waals surface area (Å²) in [7, 11) is 0. The average molecular weight is 395 g/mol. The highest BCUT2D eigenvalue weighted by molar-refractivity contribution is 5.87. The minimum absolute atomic E-state index is 0.181. The molecule has 0 spiro atoms. The first-order valence-electron chi connectivity index (χ1n) is 9.49. The monoisotopic (exact) mass is 395 g/mol. The van der Waals surface area contributed by atoms with E-state index in [1.165, 1.54) is 0 Å². The quantitative estimate of drug-likeness (QED) is 0.656. The van der Waals surface area contributed by atoms with Crippen molar-refractivity contribution in [2.24, 2.45) is 5.73 Å². The Morgan fingerprint density at radius 1 is 1.17 bits per heavy atom. The van der Waals surface area contributed by atoms with Crippen molar-refractivity contribution in [3.8, 4) is 11.8 Å². The van der Waals surface area contributed by atoms with Gasteiger partial charge in [-0.25, -0.2) is 4.79 Å². The Morgan fingerprint density at radius 3 is 2.52 bits per heavy atom. The molecule has 2 aromatic carbocycles. The van der Waals surface area contributed by atoms with E-state index in [1.807, 2.05) is 24.3 Å². The maximum Gasteiger partial charge on any atom is 0.316 e. The zero-order valence-corrected chi connectivity index (χ0v) is 16.1. The highest BCUT2D eigenvalue weighted by Crippen LogP contribution is 2.21. The minimum atomic E-state index is -0.620. The molecule has 0 radical (unpaired) electrons. The third-order valence-electron chi connectivity index (χ3n) is 4.77. The number of nitrogens with one attached hydrogen (secondary N) is 1. The second-order valence-corrected chi connectivity index (χ2v) is 6.90. The number of primary amides is 1. The van der Waals surface area contributed by atoms with Crippen LogP contribution in [0.2, 0.25) is 0 Å². The summed E-state index contributed by atoms with van der Waals surface area (Å²) in [6, 6.07) is 16.0. The summed E-state index contributed by atoms with van der Waals surface area (Å²) in [5.41, 5.74) is 7.31. The average Bonchev–Trinajstić information content (AvgIpc) is 2.73. The standard InChI is InChI=1S/C21H25N5O3/c22-13-16-3-1-2-4-20(16)26-11-9-25(10-12-26)14-18(27)15-29-19-7-5-17(6-8-19)24-21(23)28/h1-8,18,27H,9-12,14-15H2,(H3,23,24,28). The number of anilines is 2. The summed E-state index contributed by atoms with van der Waals surface area (Å²) in [5.74, 6) is 0.608. The zero-order valence-electron chi connectivity index (χ0n) is 16.1. The molecule has 2 amide bonds. The topological polar surface area (TPSA) is 115 Å². The number of benzene rings is 2. The minimum Gasteiger partial charge on any atom is -0.491 e. The highest BCUT2D eigenvalue weighted by Gasteiger charge is 2.21. The first kappa shape index (κ1) is 20.5. The molecular weight excluding hydrogens is 370 g/mol. The van der Waals surface area contributed by atoms with E-state index in [2.05, 4.69) is 21.2 Å². The van der Waals surface area contributed by atoms with E-state index >= 15 is 0 Å². The second kappa shape index (κ2) is 9.78. The molecule has 4 N–H and O–H groups in total. The van der Waals surface area contributed by atoms with Crippen molar-refractivity contribution < 1.29 is 14.6 Å². The molecule has 1 fully saturated rings. The van der Waals surface area contributed by atoms with Crippen LogP contribution in [0.15, 0.2) is 48.5 Å². The molecular formula is C21H25N5O3. The summed E-state index contributed by atoms with van der Waals surface area (Å²) in [6.07, 6.45) is -0.614. The lowest BCUT2D eigenvalue weighted by Gasteiger charge is -2.37. The van der Waals surface area contributed by atoms with Gasteiger partial charge in [-0.1, -0.05) is 12.1 Å². The number of ether oxygens (including phenoxy) is 1. The van der Waals surface area contributed by atoms with Gasteiger partial charge >= 0.3 is 6.03 Å². The predicted molar refractivity (Wildman–Crippen MR) is 111 cm³/mol. The number of urea groups is 1. The molecule has 0 aliphatic carbocycles. The summed E-state index contributed by atoms with van der Waals surface area (Å²) in [4.78, 5) is 15.2. The third-order valence-corrected chi connectivity index (χ3v) is 4.77. The number of aliphatic hydroxyl groups excluding tert-OH is 1. The summed E-state index contributed by atoms with van der Waals surface area (Å²) in [6.45, 7) is 3.94. The molecule has 8 nitrogen and oxygen atoms in total. The number of carbonyl (C=O) groups is 1. The van der Waals surface area contributed by atoms with Crippen LogP contribution in [0.1, 0.15) is 5.56 Å². The van der Waals surface area contributed by atoms with Crippen LogP contribution in [0.3, 0.4) is 0 Å². The van der Waals surface area contributed by atoms with Gasteiger partial charge in [0, 0.05) is 38.4 Å². The van der Waals surface area contributed by atoms with Crippen LogP contribution in [0, 0.1) is 11.3 Å². The number of nitriles is 1. The number of rotatable bonds is 7. The predicted octanol–water partition coefficient (Wildman–Crippen LogP) is 1.61. The number of nitrogens with zero attached hydrogens (tertiary/aromatic N) is 3. The molecule has 1 unspecified atom stereocenters. The van der Waals surface area contributed by atoms with Gasteiger partial charge in [0.2, 0.25) is 0 Å². The number of hydrogen-bond donors (Lipinski definition) is 3. The van der Waals surface area contributed by atoms with E-state index in [1.54, 1.807) is 24.3 Å². The van der Waals surface area contributed by atoms with E-state index < -0.39 is 12.1 Å².